The highest BCUT2D eigenvalue weighted by Gasteiger charge is 2.34. The fourth-order valence-corrected chi connectivity index (χ4v) is 4.17. The molecule has 2 aliphatic rings. The predicted molar refractivity (Wildman–Crippen MR) is 97.2 cm³/mol. The maximum Gasteiger partial charge on any atom is 0.297 e. The van der Waals surface area contributed by atoms with E-state index >= 15 is 0 Å². The third kappa shape index (κ3) is 2.77. The third-order valence-electron chi connectivity index (χ3n) is 3.82. The molecule has 0 radical (unpaired) electrons. The number of rotatable bonds is 3. The van der Waals surface area contributed by atoms with Crippen molar-refractivity contribution in [1.82, 2.24) is 4.90 Å². The van der Waals surface area contributed by atoms with Gasteiger partial charge in [-0.3, -0.25) is 9.69 Å². The van der Waals surface area contributed by atoms with Gasteiger partial charge in [-0.1, -0.05) is 23.9 Å². The second kappa shape index (κ2) is 6.37. The molecule has 0 atom stereocenters. The zero-order chi connectivity index (χ0) is 16.6. The molecule has 0 aromatic heterocycles. The molecule has 0 unspecified atom stereocenters. The molecule has 23 heavy (non-hydrogen) atoms. The first-order chi connectivity index (χ1) is 11.1. The first-order valence-electron chi connectivity index (χ1n) is 7.57. The lowest BCUT2D eigenvalue weighted by atomic mass is 10.2. The lowest BCUT2D eigenvalue weighted by Crippen LogP contribution is -2.28. The Bertz CT molecular complexity index is 740. The number of nitrogens with zero attached hydrogens (tertiary/aromatic N) is 2. The van der Waals surface area contributed by atoms with E-state index in [-0.39, 0.29) is 11.1 Å². The van der Waals surface area contributed by atoms with E-state index in [2.05, 4.69) is 24.0 Å². The van der Waals surface area contributed by atoms with Crippen LogP contribution in [0.25, 0.3) is 0 Å². The van der Waals surface area contributed by atoms with Crippen LogP contribution in [0.15, 0.2) is 51.6 Å². The number of benzene rings is 1. The summed E-state index contributed by atoms with van der Waals surface area (Å²) in [6.45, 7) is 7.27. The molecular formula is C17H18N2O2S2. The predicted octanol–water partition coefficient (Wildman–Crippen LogP) is 3.90. The van der Waals surface area contributed by atoms with Crippen molar-refractivity contribution in [3.63, 3.8) is 0 Å². The summed E-state index contributed by atoms with van der Waals surface area (Å²) in [7, 11) is 0. The number of carbonyl (C=O) groups excluding carboxylic acids is 1. The molecule has 120 valence electrons. The molecule has 1 aromatic carbocycles. The number of ether oxygens (including phenoxy) is 1. The molecule has 6 heteroatoms. The van der Waals surface area contributed by atoms with Crippen LogP contribution in [0.3, 0.4) is 0 Å². The topological polar surface area (TPSA) is 32.8 Å². The summed E-state index contributed by atoms with van der Waals surface area (Å²) in [6.07, 6.45) is 2.00. The smallest absolute Gasteiger partial charge is 0.297 e. The Balaban J connectivity index is 1.95. The van der Waals surface area contributed by atoms with Gasteiger partial charge in [0, 0.05) is 23.6 Å². The molecule has 0 aliphatic carbocycles. The molecule has 1 amide bonds. The molecule has 0 N–H and O–H groups in total. The van der Waals surface area contributed by atoms with E-state index in [1.54, 1.807) is 11.8 Å². The quantitative estimate of drug-likeness (QED) is 0.612. The number of amides is 1. The van der Waals surface area contributed by atoms with Crippen molar-refractivity contribution in [2.75, 3.05) is 18.0 Å². The van der Waals surface area contributed by atoms with Gasteiger partial charge in [0.15, 0.2) is 5.76 Å². The van der Waals surface area contributed by atoms with Gasteiger partial charge in [0.05, 0.1) is 10.7 Å². The summed E-state index contributed by atoms with van der Waals surface area (Å²) in [4.78, 5) is 17.3. The number of thiocarbonyl (C=S) groups is 1. The van der Waals surface area contributed by atoms with Crippen molar-refractivity contribution >= 4 is 40.7 Å². The van der Waals surface area contributed by atoms with Gasteiger partial charge in [0.1, 0.15) is 0 Å². The largest absolute Gasteiger partial charge is 0.425 e. The van der Waals surface area contributed by atoms with E-state index in [0.29, 0.717) is 12.3 Å². The Kier molecular flexibility index (Phi) is 4.46. The normalized spacial score (nSPS) is 21.1. The molecule has 4 nitrogen and oxygen atoms in total. The molecule has 1 aromatic rings. The lowest BCUT2D eigenvalue weighted by molar-refractivity contribution is -0.122. The minimum absolute atomic E-state index is 0.157. The van der Waals surface area contributed by atoms with Gasteiger partial charge in [-0.05, 0) is 51.2 Å². The summed E-state index contributed by atoms with van der Waals surface area (Å²) < 4.78 is 5.51. The van der Waals surface area contributed by atoms with Gasteiger partial charge in [0.25, 0.3) is 11.1 Å². The van der Waals surface area contributed by atoms with E-state index in [4.69, 9.17) is 17.0 Å². The van der Waals surface area contributed by atoms with Crippen molar-refractivity contribution in [3.8, 4) is 0 Å². The number of fused-ring (bicyclic) bond motifs is 1. The van der Waals surface area contributed by atoms with Gasteiger partial charge in [0.2, 0.25) is 0 Å². The van der Waals surface area contributed by atoms with Gasteiger partial charge in [-0.25, -0.2) is 0 Å². The summed E-state index contributed by atoms with van der Waals surface area (Å²) in [5, 5.41) is 1.33. The van der Waals surface area contributed by atoms with Crippen molar-refractivity contribution in [2.24, 2.45) is 0 Å². The number of carbonyl (C=O) groups is 1. The number of allylic oxidation sites excluding steroid dienone is 2. The minimum atomic E-state index is -0.157. The Morgan fingerprint density at radius 3 is 2.61 bits per heavy atom. The van der Waals surface area contributed by atoms with Crippen molar-refractivity contribution in [2.45, 2.75) is 25.7 Å². The summed E-state index contributed by atoms with van der Waals surface area (Å²) in [6, 6.07) is 8.30. The number of hydrogen-bond donors (Lipinski definition) is 0. The molecule has 3 rings (SSSR count). The highest BCUT2D eigenvalue weighted by molar-refractivity contribution is 8.03. The standard InChI is InChI=1S/C17H18N2O2S2/c1-4-18-12-8-6-7-9-13(12)23-14(18)10-11(3)15-16(20)19(5-2)17(22)21-15/h6-10H,4-5H2,1-3H3. The van der Waals surface area contributed by atoms with Crippen LogP contribution in [0.5, 0.6) is 0 Å². The Morgan fingerprint density at radius 1 is 1.26 bits per heavy atom. The van der Waals surface area contributed by atoms with Crippen LogP contribution in [0, 0.1) is 0 Å². The van der Waals surface area contributed by atoms with Gasteiger partial charge in [-0.2, -0.15) is 0 Å². The van der Waals surface area contributed by atoms with Crippen molar-refractivity contribution < 1.29 is 9.53 Å². The van der Waals surface area contributed by atoms with Crippen LogP contribution in [-0.2, 0) is 9.53 Å². The maximum atomic E-state index is 12.3. The molecule has 0 saturated carbocycles. The highest BCUT2D eigenvalue weighted by atomic mass is 32.2. The first kappa shape index (κ1) is 16.1. The van der Waals surface area contributed by atoms with Crippen molar-refractivity contribution in [3.05, 3.63) is 46.7 Å². The van der Waals surface area contributed by atoms with Crippen LogP contribution in [0.1, 0.15) is 20.8 Å². The SMILES string of the molecule is CCN1C(=O)C(=C(C)C=C2Sc3ccccc3N2CC)OC1=S. The first-order valence-corrected chi connectivity index (χ1v) is 8.80. The fraction of sp³-hybridized carbons (Fsp3) is 0.294. The third-order valence-corrected chi connectivity index (χ3v) is 5.23. The zero-order valence-electron chi connectivity index (χ0n) is 13.3. The second-order valence-corrected chi connectivity index (χ2v) is 6.64. The summed E-state index contributed by atoms with van der Waals surface area (Å²) >= 11 is 6.82. The van der Waals surface area contributed by atoms with Crippen LogP contribution >= 0.6 is 24.0 Å². The number of thioether (sulfide) groups is 1. The van der Waals surface area contributed by atoms with E-state index in [0.717, 1.165) is 17.1 Å². The Hall–Kier alpha value is -1.79. The van der Waals surface area contributed by atoms with Gasteiger partial charge < -0.3 is 9.64 Å². The number of likely N-dealkylation sites (N-methyl/N-ethyl adjacent to an activating group) is 1. The maximum absolute atomic E-state index is 12.3. The van der Waals surface area contributed by atoms with Crippen LogP contribution in [0.4, 0.5) is 5.69 Å². The molecule has 2 heterocycles. The van der Waals surface area contributed by atoms with Gasteiger partial charge >= 0.3 is 0 Å². The van der Waals surface area contributed by atoms with Crippen molar-refractivity contribution in [1.29, 1.82) is 0 Å². The average molecular weight is 346 g/mol. The fourth-order valence-electron chi connectivity index (χ4n) is 2.65. The average Bonchev–Trinajstić information content (AvgIpc) is 3.03. The second-order valence-electron chi connectivity index (χ2n) is 5.23. The van der Waals surface area contributed by atoms with E-state index in [1.165, 1.54) is 15.5 Å². The molecule has 0 spiro atoms. The Morgan fingerprint density at radius 2 is 1.96 bits per heavy atom. The lowest BCUT2D eigenvalue weighted by Gasteiger charge is -2.18. The van der Waals surface area contributed by atoms with Crippen LogP contribution in [0.2, 0.25) is 0 Å². The number of hydrogen-bond acceptors (Lipinski definition) is 5. The van der Waals surface area contributed by atoms with E-state index in [1.807, 2.05) is 32.1 Å². The van der Waals surface area contributed by atoms with E-state index < -0.39 is 0 Å². The van der Waals surface area contributed by atoms with Crippen LogP contribution in [-0.4, -0.2) is 29.1 Å². The number of para-hydroxylation sites is 1. The number of anilines is 1. The molecule has 0 bridgehead atoms. The van der Waals surface area contributed by atoms with E-state index in [9.17, 15) is 4.79 Å². The summed E-state index contributed by atoms with van der Waals surface area (Å²) in [5.74, 6) is 0.173. The highest BCUT2D eigenvalue weighted by Crippen LogP contribution is 2.46. The monoisotopic (exact) mass is 346 g/mol. The molecule has 1 saturated heterocycles. The van der Waals surface area contributed by atoms with Crippen LogP contribution < -0.4 is 4.90 Å². The molecule has 1 fully saturated rings. The molecular weight excluding hydrogens is 328 g/mol. The minimum Gasteiger partial charge on any atom is -0.425 e. The van der Waals surface area contributed by atoms with Gasteiger partial charge in [-0.15, -0.1) is 0 Å². The zero-order valence-corrected chi connectivity index (χ0v) is 15.0. The summed E-state index contributed by atoms with van der Waals surface area (Å²) in [5.41, 5.74) is 2.00. The molecule has 2 aliphatic heterocycles. The Labute approximate surface area is 145 Å².